The van der Waals surface area contributed by atoms with Gasteiger partial charge in [-0.25, -0.2) is 0 Å². The van der Waals surface area contributed by atoms with Crippen LogP contribution in [0.3, 0.4) is 0 Å². The maximum Gasteiger partial charge on any atom is 0.524 e. The minimum atomic E-state index is -6.03. The van der Waals surface area contributed by atoms with Crippen LogP contribution in [0.2, 0.25) is 0 Å². The molecule has 0 spiro atoms. The van der Waals surface area contributed by atoms with Crippen molar-refractivity contribution in [3.8, 4) is 17.2 Å². The molecule has 11 heteroatoms. The first-order chi connectivity index (χ1) is 18.6. The summed E-state index contributed by atoms with van der Waals surface area (Å²) in [7, 11) is -9.49. The molecule has 0 radical (unpaired) electrons. The van der Waals surface area contributed by atoms with E-state index in [0.717, 1.165) is 19.3 Å². The number of halogens is 3. The quantitative estimate of drug-likeness (QED) is 0.178. The molecule has 39 heavy (non-hydrogen) atoms. The summed E-state index contributed by atoms with van der Waals surface area (Å²) in [6, 6.07) is 18.8. The Morgan fingerprint density at radius 1 is 0.564 bits per heavy atom. The Balaban J connectivity index is 2.26. The van der Waals surface area contributed by atoms with Crippen molar-refractivity contribution in [3.05, 3.63) is 72.8 Å². The van der Waals surface area contributed by atoms with Crippen molar-refractivity contribution in [1.82, 2.24) is 0 Å². The van der Waals surface area contributed by atoms with E-state index in [-0.39, 0.29) is 14.7 Å². The van der Waals surface area contributed by atoms with Crippen LogP contribution < -0.4 is 14.2 Å². The van der Waals surface area contributed by atoms with Crippen molar-refractivity contribution in [2.45, 2.75) is 60.2 Å². The number of hydrogen-bond acceptors (Lipinski definition) is 6. The average molecular weight is 587 g/mol. The molecular formula is C28H33F3O6S2. The van der Waals surface area contributed by atoms with Crippen molar-refractivity contribution in [2.75, 3.05) is 19.8 Å². The smallest absolute Gasteiger partial charge is 0.494 e. The van der Waals surface area contributed by atoms with Gasteiger partial charge >= 0.3 is 15.6 Å². The summed E-state index contributed by atoms with van der Waals surface area (Å²) in [6.45, 7) is 7.20. The third-order valence-corrected chi connectivity index (χ3v) is 10.3. The third kappa shape index (κ3) is 7.40. The van der Waals surface area contributed by atoms with E-state index in [2.05, 4.69) is 0 Å². The van der Waals surface area contributed by atoms with Gasteiger partial charge in [-0.05, 0) is 102 Å². The molecule has 0 amide bonds. The maximum atomic E-state index is 13.8. The molecule has 0 aliphatic carbocycles. The van der Waals surface area contributed by atoms with Crippen LogP contribution in [0.15, 0.2) is 87.5 Å². The van der Waals surface area contributed by atoms with Crippen LogP contribution in [0.5, 0.6) is 17.2 Å². The van der Waals surface area contributed by atoms with Gasteiger partial charge in [0.05, 0.1) is 19.8 Å². The number of hydrogen-bond donors (Lipinski definition) is 0. The molecule has 3 aromatic rings. The Bertz CT molecular complexity index is 1150. The predicted octanol–water partition coefficient (Wildman–Crippen LogP) is 8.12. The van der Waals surface area contributed by atoms with E-state index in [4.69, 9.17) is 17.8 Å². The predicted molar refractivity (Wildman–Crippen MR) is 145 cm³/mol. The lowest BCUT2D eigenvalue weighted by atomic mass is 10.3. The second-order valence-electron chi connectivity index (χ2n) is 8.48. The summed E-state index contributed by atoms with van der Waals surface area (Å²) < 4.78 is 88.7. The number of rotatable bonds is 14. The van der Waals surface area contributed by atoms with E-state index in [0.29, 0.717) is 37.1 Å². The zero-order chi connectivity index (χ0) is 28.5. The van der Waals surface area contributed by atoms with E-state index >= 15 is 0 Å². The molecule has 0 saturated carbocycles. The molecule has 3 aromatic carbocycles. The van der Waals surface area contributed by atoms with Crippen molar-refractivity contribution >= 4 is 20.4 Å². The molecule has 0 fully saturated rings. The second-order valence-corrected chi connectivity index (χ2v) is 12.9. The monoisotopic (exact) mass is 586 g/mol. The molecule has 0 aromatic heterocycles. The topological polar surface area (TPSA) is 71.1 Å². The maximum absolute atomic E-state index is 13.8. The van der Waals surface area contributed by atoms with Crippen LogP contribution in [0.25, 0.3) is 0 Å². The van der Waals surface area contributed by atoms with Crippen LogP contribution >= 0.6 is 10.3 Å². The van der Waals surface area contributed by atoms with Gasteiger partial charge in [-0.2, -0.15) is 25.2 Å². The zero-order valence-electron chi connectivity index (χ0n) is 22.1. The number of benzene rings is 3. The molecule has 214 valence electrons. The van der Waals surface area contributed by atoms with Gasteiger partial charge in [-0.1, -0.05) is 20.8 Å². The van der Waals surface area contributed by atoms with E-state index in [1.165, 1.54) is 36.4 Å². The molecule has 0 unspecified atom stereocenters. The van der Waals surface area contributed by atoms with Crippen molar-refractivity contribution < 1.29 is 39.4 Å². The Morgan fingerprint density at radius 3 is 1.08 bits per heavy atom. The molecule has 0 atom stereocenters. The van der Waals surface area contributed by atoms with Gasteiger partial charge in [-0.15, -0.1) is 0 Å². The van der Waals surface area contributed by atoms with E-state index < -0.39 is 25.9 Å². The van der Waals surface area contributed by atoms with Crippen molar-refractivity contribution in [3.63, 3.8) is 0 Å². The van der Waals surface area contributed by atoms with E-state index in [9.17, 15) is 21.6 Å². The van der Waals surface area contributed by atoms with Gasteiger partial charge in [-0.3, -0.25) is 0 Å². The van der Waals surface area contributed by atoms with Crippen molar-refractivity contribution in [2.24, 2.45) is 0 Å². The van der Waals surface area contributed by atoms with Gasteiger partial charge in [0.15, 0.2) is 0 Å². The van der Waals surface area contributed by atoms with Crippen LogP contribution in [-0.4, -0.2) is 33.7 Å². The van der Waals surface area contributed by atoms with E-state index in [1.807, 2.05) is 20.8 Å². The SMILES string of the molecule is CCCOc1ccc(S(OS(=O)(=O)C(F)(F)F)(c2ccc(OCCC)cc2)c2ccc(OCCC)cc2)cc1. The van der Waals surface area contributed by atoms with Gasteiger partial charge in [0.1, 0.15) is 17.2 Å². The van der Waals surface area contributed by atoms with Gasteiger partial charge < -0.3 is 14.2 Å². The molecule has 0 saturated heterocycles. The zero-order valence-corrected chi connectivity index (χ0v) is 23.7. The summed E-state index contributed by atoms with van der Waals surface area (Å²) in [5.74, 6) is 1.50. The highest BCUT2D eigenvalue weighted by molar-refractivity contribution is 8.33. The fourth-order valence-corrected chi connectivity index (χ4v) is 8.24. The van der Waals surface area contributed by atoms with Gasteiger partial charge in [0, 0.05) is 14.7 Å². The fraction of sp³-hybridized carbons (Fsp3) is 0.357. The second kappa shape index (κ2) is 13.5. The average Bonchev–Trinajstić information content (AvgIpc) is 2.93. The van der Waals surface area contributed by atoms with Gasteiger partial charge in [0.2, 0.25) is 0 Å². The molecular weight excluding hydrogens is 553 g/mol. The molecule has 0 heterocycles. The highest BCUT2D eigenvalue weighted by Gasteiger charge is 2.52. The largest absolute Gasteiger partial charge is 0.524 e. The lowest BCUT2D eigenvalue weighted by molar-refractivity contribution is -0.0496. The fourth-order valence-electron chi connectivity index (χ4n) is 3.54. The molecule has 0 aliphatic heterocycles. The standard InChI is InChI=1S/C28H33F3O6S2/c1-4-19-34-22-7-13-25(14-8-22)38(37-39(32,33)28(29,30)31,26-15-9-23(10-16-26)35-20-5-2)27-17-11-24(12-18-27)36-21-6-3/h7-18H,4-6,19-21H2,1-3H3. The Morgan fingerprint density at radius 2 is 0.846 bits per heavy atom. The highest BCUT2D eigenvalue weighted by Crippen LogP contribution is 2.71. The normalized spacial score (nSPS) is 12.7. The van der Waals surface area contributed by atoms with Crippen molar-refractivity contribution in [1.29, 1.82) is 0 Å². The molecule has 0 N–H and O–H groups in total. The van der Waals surface area contributed by atoms with Crippen LogP contribution in [0.1, 0.15) is 40.0 Å². The number of ether oxygens (including phenoxy) is 3. The first kappa shape index (κ1) is 30.6. The van der Waals surface area contributed by atoms with Crippen LogP contribution in [-0.2, 0) is 13.7 Å². The van der Waals surface area contributed by atoms with Crippen LogP contribution in [0.4, 0.5) is 13.2 Å². The highest BCUT2D eigenvalue weighted by atomic mass is 32.3. The van der Waals surface area contributed by atoms with Gasteiger partial charge in [0.25, 0.3) is 0 Å². The first-order valence-electron chi connectivity index (χ1n) is 12.6. The minimum Gasteiger partial charge on any atom is -0.494 e. The molecule has 0 bridgehead atoms. The molecule has 6 nitrogen and oxygen atoms in total. The minimum absolute atomic E-state index is 0.239. The summed E-state index contributed by atoms with van der Waals surface area (Å²) in [6.07, 6.45) is 2.30. The molecule has 0 aliphatic rings. The Labute approximate surface area is 229 Å². The van der Waals surface area contributed by atoms with E-state index in [1.54, 1.807) is 36.4 Å². The summed E-state index contributed by atoms with van der Waals surface area (Å²) in [4.78, 5) is 0.718. The third-order valence-electron chi connectivity index (χ3n) is 5.36. The summed E-state index contributed by atoms with van der Waals surface area (Å²) in [5, 5.41) is 0. The summed E-state index contributed by atoms with van der Waals surface area (Å²) in [5.41, 5.74) is -5.64. The Hall–Kier alpha value is -2.89. The lowest BCUT2D eigenvalue weighted by Gasteiger charge is -2.39. The Kier molecular flexibility index (Phi) is 10.6. The first-order valence-corrected chi connectivity index (χ1v) is 15.6. The van der Waals surface area contributed by atoms with Crippen LogP contribution in [0, 0.1) is 0 Å². The summed E-state index contributed by atoms with van der Waals surface area (Å²) >= 11 is 0. The molecule has 3 rings (SSSR count). The number of alkyl halides is 3. The lowest BCUT2D eigenvalue weighted by Crippen LogP contribution is -2.27.